The molecule has 5 heteroatoms. The van der Waals surface area contributed by atoms with Gasteiger partial charge in [0.25, 0.3) is 0 Å². The highest BCUT2D eigenvalue weighted by Gasteiger charge is 2.34. The number of hydrogen-bond donors (Lipinski definition) is 1. The lowest BCUT2D eigenvalue weighted by Gasteiger charge is -2.30. The van der Waals surface area contributed by atoms with Crippen LogP contribution in [0.3, 0.4) is 0 Å². The Morgan fingerprint density at radius 2 is 2.00 bits per heavy atom. The number of carbonyl (C=O) groups is 2. The van der Waals surface area contributed by atoms with Gasteiger partial charge in [0, 0.05) is 18.8 Å². The number of para-hydroxylation sites is 1. The van der Waals surface area contributed by atoms with E-state index in [-0.39, 0.29) is 12.0 Å². The molecular weight excluding hydrogens is 268 g/mol. The Labute approximate surface area is 124 Å². The summed E-state index contributed by atoms with van der Waals surface area (Å²) in [6.07, 6.45) is 2.05. The first-order chi connectivity index (χ1) is 10.1. The zero-order valence-electron chi connectivity index (χ0n) is 12.2. The number of ether oxygens (including phenoxy) is 1. The van der Waals surface area contributed by atoms with Crippen LogP contribution < -0.4 is 5.32 Å². The average molecular weight is 288 g/mol. The molecular formula is C16H20N2O3. The second-order valence-corrected chi connectivity index (χ2v) is 5.84. The van der Waals surface area contributed by atoms with E-state index >= 15 is 0 Å². The van der Waals surface area contributed by atoms with Crippen molar-refractivity contribution < 1.29 is 14.3 Å². The van der Waals surface area contributed by atoms with Gasteiger partial charge in [-0.05, 0) is 37.9 Å². The molecule has 21 heavy (non-hydrogen) atoms. The molecule has 0 spiro atoms. The zero-order valence-corrected chi connectivity index (χ0v) is 12.2. The van der Waals surface area contributed by atoms with Gasteiger partial charge in [0.15, 0.2) is 0 Å². The molecule has 1 aromatic rings. The number of piperidine rings is 1. The van der Waals surface area contributed by atoms with Crippen molar-refractivity contribution in [1.82, 2.24) is 4.90 Å². The van der Waals surface area contributed by atoms with Gasteiger partial charge in [-0.25, -0.2) is 0 Å². The molecule has 1 saturated heterocycles. The number of amides is 1. The van der Waals surface area contributed by atoms with Gasteiger partial charge >= 0.3 is 5.97 Å². The number of carbonyl (C=O) groups excluding carboxylic acids is 2. The fourth-order valence-electron chi connectivity index (χ4n) is 2.89. The molecule has 3 rings (SSSR count). The SMILES string of the molecule is CN1CCC(OC(=O)C2Cc3ccccc3NC2=O)CC1. The monoisotopic (exact) mass is 288 g/mol. The van der Waals surface area contributed by atoms with Crippen LogP contribution in [0.5, 0.6) is 0 Å². The fourth-order valence-corrected chi connectivity index (χ4v) is 2.89. The summed E-state index contributed by atoms with van der Waals surface area (Å²) in [5.74, 6) is -1.37. The minimum Gasteiger partial charge on any atom is -0.462 e. The molecule has 1 aromatic carbocycles. The molecule has 112 valence electrons. The number of esters is 1. The summed E-state index contributed by atoms with van der Waals surface area (Å²) in [5, 5.41) is 2.79. The van der Waals surface area contributed by atoms with Crippen LogP contribution >= 0.6 is 0 Å². The molecule has 1 amide bonds. The van der Waals surface area contributed by atoms with E-state index in [1.807, 2.05) is 24.3 Å². The van der Waals surface area contributed by atoms with E-state index in [9.17, 15) is 9.59 Å². The summed E-state index contributed by atoms with van der Waals surface area (Å²) in [4.78, 5) is 26.6. The number of fused-ring (bicyclic) bond motifs is 1. The van der Waals surface area contributed by atoms with Crippen LogP contribution in [-0.2, 0) is 20.7 Å². The van der Waals surface area contributed by atoms with Crippen molar-refractivity contribution >= 4 is 17.6 Å². The van der Waals surface area contributed by atoms with Crippen LogP contribution in [-0.4, -0.2) is 43.0 Å². The average Bonchev–Trinajstić information content (AvgIpc) is 2.49. The van der Waals surface area contributed by atoms with E-state index < -0.39 is 11.9 Å². The lowest BCUT2D eigenvalue weighted by atomic mass is 9.93. The summed E-state index contributed by atoms with van der Waals surface area (Å²) in [5.41, 5.74) is 1.79. The molecule has 1 atom stereocenters. The van der Waals surface area contributed by atoms with Gasteiger partial charge in [-0.15, -0.1) is 0 Å². The minimum absolute atomic E-state index is 0.0568. The Morgan fingerprint density at radius 1 is 1.29 bits per heavy atom. The summed E-state index contributed by atoms with van der Waals surface area (Å²) in [6.45, 7) is 1.86. The Hall–Kier alpha value is -1.88. The first kappa shape index (κ1) is 14.1. The van der Waals surface area contributed by atoms with Crippen molar-refractivity contribution in [2.24, 2.45) is 5.92 Å². The lowest BCUT2D eigenvalue weighted by Crippen LogP contribution is -2.40. The number of benzene rings is 1. The number of nitrogens with one attached hydrogen (secondary N) is 1. The molecule has 1 N–H and O–H groups in total. The van der Waals surface area contributed by atoms with Gasteiger partial charge in [-0.2, -0.15) is 0 Å². The Kier molecular flexibility index (Phi) is 3.92. The van der Waals surface area contributed by atoms with Crippen molar-refractivity contribution in [2.45, 2.75) is 25.4 Å². The quantitative estimate of drug-likeness (QED) is 0.661. The molecule has 0 saturated carbocycles. The highest BCUT2D eigenvalue weighted by Crippen LogP contribution is 2.26. The van der Waals surface area contributed by atoms with E-state index in [1.165, 1.54) is 0 Å². The van der Waals surface area contributed by atoms with Gasteiger partial charge < -0.3 is 15.0 Å². The molecule has 2 heterocycles. The third-order valence-corrected chi connectivity index (χ3v) is 4.25. The minimum atomic E-state index is -0.723. The molecule has 0 aliphatic carbocycles. The molecule has 2 aliphatic heterocycles. The van der Waals surface area contributed by atoms with Crippen LogP contribution in [0.25, 0.3) is 0 Å². The molecule has 0 radical (unpaired) electrons. The van der Waals surface area contributed by atoms with E-state index in [0.717, 1.165) is 37.2 Å². The maximum atomic E-state index is 12.3. The molecule has 0 aromatic heterocycles. The van der Waals surface area contributed by atoms with Gasteiger partial charge in [-0.1, -0.05) is 18.2 Å². The van der Waals surface area contributed by atoms with Crippen molar-refractivity contribution in [3.8, 4) is 0 Å². The number of rotatable bonds is 2. The predicted molar refractivity (Wildman–Crippen MR) is 78.9 cm³/mol. The summed E-state index contributed by atoms with van der Waals surface area (Å²) < 4.78 is 5.54. The van der Waals surface area contributed by atoms with Crippen molar-refractivity contribution in [2.75, 3.05) is 25.5 Å². The standard InChI is InChI=1S/C16H20N2O3/c1-18-8-6-12(7-9-18)21-16(20)13-10-11-4-2-3-5-14(11)17-15(13)19/h2-5,12-13H,6-10H2,1H3,(H,17,19). The first-order valence-corrected chi connectivity index (χ1v) is 7.41. The van der Waals surface area contributed by atoms with Gasteiger partial charge in [-0.3, -0.25) is 9.59 Å². The lowest BCUT2D eigenvalue weighted by molar-refractivity contribution is -0.158. The second kappa shape index (κ2) is 5.85. The van der Waals surface area contributed by atoms with Crippen LogP contribution in [0.2, 0.25) is 0 Å². The van der Waals surface area contributed by atoms with Crippen molar-refractivity contribution in [3.63, 3.8) is 0 Å². The van der Waals surface area contributed by atoms with E-state index in [4.69, 9.17) is 4.74 Å². The largest absolute Gasteiger partial charge is 0.462 e. The summed E-state index contributed by atoms with van der Waals surface area (Å²) >= 11 is 0. The van der Waals surface area contributed by atoms with Gasteiger partial charge in [0.2, 0.25) is 5.91 Å². The third-order valence-electron chi connectivity index (χ3n) is 4.25. The van der Waals surface area contributed by atoms with Crippen LogP contribution in [0, 0.1) is 5.92 Å². The smallest absolute Gasteiger partial charge is 0.319 e. The highest BCUT2D eigenvalue weighted by molar-refractivity contribution is 6.07. The molecule has 2 aliphatic rings. The van der Waals surface area contributed by atoms with Crippen molar-refractivity contribution in [1.29, 1.82) is 0 Å². The maximum Gasteiger partial charge on any atom is 0.319 e. The molecule has 1 fully saturated rings. The summed E-state index contributed by atoms with van der Waals surface area (Å²) in [6, 6.07) is 7.57. The summed E-state index contributed by atoms with van der Waals surface area (Å²) in [7, 11) is 2.06. The first-order valence-electron chi connectivity index (χ1n) is 7.41. The van der Waals surface area contributed by atoms with Crippen LogP contribution in [0.4, 0.5) is 5.69 Å². The predicted octanol–water partition coefficient (Wildman–Crippen LogP) is 1.43. The number of nitrogens with zero attached hydrogens (tertiary/aromatic N) is 1. The number of hydrogen-bond acceptors (Lipinski definition) is 4. The van der Waals surface area contributed by atoms with Crippen molar-refractivity contribution in [3.05, 3.63) is 29.8 Å². The number of likely N-dealkylation sites (tertiary alicyclic amines) is 1. The maximum absolute atomic E-state index is 12.3. The topological polar surface area (TPSA) is 58.6 Å². The second-order valence-electron chi connectivity index (χ2n) is 5.84. The number of anilines is 1. The van der Waals surface area contributed by atoms with Gasteiger partial charge in [0.05, 0.1) is 0 Å². The third kappa shape index (κ3) is 3.08. The van der Waals surface area contributed by atoms with E-state index in [2.05, 4.69) is 17.3 Å². The Balaban J connectivity index is 1.64. The van der Waals surface area contributed by atoms with E-state index in [0.29, 0.717) is 6.42 Å². The Bertz CT molecular complexity index is 550. The molecule has 5 nitrogen and oxygen atoms in total. The van der Waals surface area contributed by atoms with Crippen LogP contribution in [0.15, 0.2) is 24.3 Å². The molecule has 0 bridgehead atoms. The normalized spacial score (nSPS) is 23.3. The Morgan fingerprint density at radius 3 is 2.76 bits per heavy atom. The fraction of sp³-hybridized carbons (Fsp3) is 0.500. The van der Waals surface area contributed by atoms with E-state index in [1.54, 1.807) is 0 Å². The molecule has 1 unspecified atom stereocenters. The zero-order chi connectivity index (χ0) is 14.8. The van der Waals surface area contributed by atoms with Gasteiger partial charge in [0.1, 0.15) is 12.0 Å². The highest BCUT2D eigenvalue weighted by atomic mass is 16.5. The van der Waals surface area contributed by atoms with Crippen LogP contribution in [0.1, 0.15) is 18.4 Å².